The van der Waals surface area contributed by atoms with Crippen molar-refractivity contribution in [3.63, 3.8) is 0 Å². The molecule has 1 heterocycles. The summed E-state index contributed by atoms with van der Waals surface area (Å²) >= 11 is 0. The van der Waals surface area contributed by atoms with Crippen LogP contribution in [-0.2, 0) is 17.6 Å². The van der Waals surface area contributed by atoms with Crippen LogP contribution in [-0.4, -0.2) is 19.6 Å². The average molecular weight is 273 g/mol. The van der Waals surface area contributed by atoms with Gasteiger partial charge in [-0.2, -0.15) is 0 Å². The summed E-state index contributed by atoms with van der Waals surface area (Å²) in [6, 6.07) is 11.5. The lowest BCUT2D eigenvalue weighted by molar-refractivity contribution is -0.121. The summed E-state index contributed by atoms with van der Waals surface area (Å²) in [5.41, 5.74) is 1.05. The lowest BCUT2D eigenvalue weighted by atomic mass is 10.1. The molecule has 0 spiro atoms. The second kappa shape index (κ2) is 7.38. The topological polar surface area (TPSA) is 51.5 Å². The highest BCUT2D eigenvalue weighted by atomic mass is 16.5. The normalized spacial score (nSPS) is 10.2. The van der Waals surface area contributed by atoms with E-state index in [0.29, 0.717) is 25.8 Å². The summed E-state index contributed by atoms with van der Waals surface area (Å²) in [4.78, 5) is 11.8. The first-order valence-corrected chi connectivity index (χ1v) is 6.70. The van der Waals surface area contributed by atoms with Crippen molar-refractivity contribution >= 4 is 5.91 Å². The van der Waals surface area contributed by atoms with E-state index in [-0.39, 0.29) is 5.91 Å². The summed E-state index contributed by atoms with van der Waals surface area (Å²) < 4.78 is 10.5. The number of nitrogens with one attached hydrogen (secondary N) is 1. The molecule has 4 heteroatoms. The molecule has 0 saturated heterocycles. The molecule has 106 valence electrons. The fraction of sp³-hybridized carbons (Fsp3) is 0.312. The van der Waals surface area contributed by atoms with Crippen LogP contribution in [0.2, 0.25) is 0 Å². The van der Waals surface area contributed by atoms with Crippen LogP contribution in [0.1, 0.15) is 17.7 Å². The van der Waals surface area contributed by atoms with E-state index in [4.69, 9.17) is 9.15 Å². The molecule has 2 aromatic rings. The number of carbonyl (C=O) groups excluding carboxylic acids is 1. The SMILES string of the molecule is COc1ccccc1CCC(=O)NCCc1ccco1. The van der Waals surface area contributed by atoms with Crippen molar-refractivity contribution < 1.29 is 13.9 Å². The molecule has 20 heavy (non-hydrogen) atoms. The van der Waals surface area contributed by atoms with Gasteiger partial charge in [0.1, 0.15) is 11.5 Å². The molecule has 4 nitrogen and oxygen atoms in total. The largest absolute Gasteiger partial charge is 0.496 e. The van der Waals surface area contributed by atoms with E-state index in [2.05, 4.69) is 5.32 Å². The Morgan fingerprint density at radius 3 is 2.80 bits per heavy atom. The van der Waals surface area contributed by atoms with Crippen molar-refractivity contribution in [2.75, 3.05) is 13.7 Å². The van der Waals surface area contributed by atoms with E-state index in [1.807, 2.05) is 36.4 Å². The molecule has 1 aromatic carbocycles. The third kappa shape index (κ3) is 4.16. The number of hydrogen-bond donors (Lipinski definition) is 1. The maximum absolute atomic E-state index is 11.8. The minimum absolute atomic E-state index is 0.0439. The van der Waals surface area contributed by atoms with Gasteiger partial charge in [0.05, 0.1) is 13.4 Å². The molecule has 0 aliphatic rings. The van der Waals surface area contributed by atoms with Crippen molar-refractivity contribution in [1.29, 1.82) is 0 Å². The highest BCUT2D eigenvalue weighted by molar-refractivity contribution is 5.76. The van der Waals surface area contributed by atoms with Crippen LogP contribution in [0.15, 0.2) is 47.1 Å². The number of aryl methyl sites for hydroxylation is 1. The van der Waals surface area contributed by atoms with E-state index < -0.39 is 0 Å². The predicted molar refractivity (Wildman–Crippen MR) is 76.7 cm³/mol. The number of methoxy groups -OCH3 is 1. The summed E-state index contributed by atoms with van der Waals surface area (Å²) in [7, 11) is 1.64. The molecule has 0 aliphatic heterocycles. The van der Waals surface area contributed by atoms with Crippen molar-refractivity contribution in [2.24, 2.45) is 0 Å². The second-order valence-electron chi connectivity index (χ2n) is 4.49. The first-order valence-electron chi connectivity index (χ1n) is 6.70. The first kappa shape index (κ1) is 14.2. The summed E-state index contributed by atoms with van der Waals surface area (Å²) in [6.45, 7) is 0.596. The molecule has 1 amide bonds. The van der Waals surface area contributed by atoms with E-state index >= 15 is 0 Å². The summed E-state index contributed by atoms with van der Waals surface area (Å²) in [5, 5.41) is 2.89. The molecule has 0 unspecified atom stereocenters. The molecule has 1 N–H and O–H groups in total. The standard InChI is InChI=1S/C16H19NO3/c1-19-15-7-3-2-5-13(15)8-9-16(18)17-11-10-14-6-4-12-20-14/h2-7,12H,8-11H2,1H3,(H,17,18). The zero-order valence-electron chi connectivity index (χ0n) is 11.6. The Balaban J connectivity index is 1.72. The van der Waals surface area contributed by atoms with Crippen LogP contribution < -0.4 is 10.1 Å². The quantitative estimate of drug-likeness (QED) is 0.843. The lowest BCUT2D eigenvalue weighted by Gasteiger charge is -2.08. The number of amides is 1. The van der Waals surface area contributed by atoms with Gasteiger partial charge >= 0.3 is 0 Å². The molecule has 0 aliphatic carbocycles. The molecule has 1 aromatic heterocycles. The second-order valence-corrected chi connectivity index (χ2v) is 4.49. The molecular formula is C16H19NO3. The number of benzene rings is 1. The lowest BCUT2D eigenvalue weighted by Crippen LogP contribution is -2.25. The van der Waals surface area contributed by atoms with Gasteiger partial charge in [-0.25, -0.2) is 0 Å². The fourth-order valence-electron chi connectivity index (χ4n) is 2.03. The highest BCUT2D eigenvalue weighted by Crippen LogP contribution is 2.18. The van der Waals surface area contributed by atoms with Gasteiger partial charge in [0.2, 0.25) is 5.91 Å². The van der Waals surface area contributed by atoms with Crippen molar-refractivity contribution in [2.45, 2.75) is 19.3 Å². The molecule has 2 rings (SSSR count). The Morgan fingerprint density at radius 1 is 1.20 bits per heavy atom. The number of para-hydroxylation sites is 1. The van der Waals surface area contributed by atoms with Crippen molar-refractivity contribution in [1.82, 2.24) is 5.32 Å². The zero-order chi connectivity index (χ0) is 14.2. The van der Waals surface area contributed by atoms with E-state index in [0.717, 1.165) is 17.1 Å². The molecule has 0 atom stereocenters. The van der Waals surface area contributed by atoms with Gasteiger partial charge in [-0.3, -0.25) is 4.79 Å². The first-order chi connectivity index (χ1) is 9.79. The summed E-state index contributed by atoms with van der Waals surface area (Å²) in [5.74, 6) is 1.76. The maximum atomic E-state index is 11.8. The predicted octanol–water partition coefficient (Wildman–Crippen LogP) is 2.58. The zero-order valence-corrected chi connectivity index (χ0v) is 11.6. The molecular weight excluding hydrogens is 254 g/mol. The van der Waals surface area contributed by atoms with E-state index in [1.54, 1.807) is 13.4 Å². The van der Waals surface area contributed by atoms with Crippen LogP contribution in [0.5, 0.6) is 5.75 Å². The van der Waals surface area contributed by atoms with Crippen LogP contribution in [0, 0.1) is 0 Å². The van der Waals surface area contributed by atoms with Gasteiger partial charge < -0.3 is 14.5 Å². The van der Waals surface area contributed by atoms with Crippen LogP contribution in [0.3, 0.4) is 0 Å². The number of hydrogen-bond acceptors (Lipinski definition) is 3. The number of rotatable bonds is 7. The van der Waals surface area contributed by atoms with Crippen LogP contribution >= 0.6 is 0 Å². The van der Waals surface area contributed by atoms with Gasteiger partial charge in [0, 0.05) is 19.4 Å². The minimum Gasteiger partial charge on any atom is -0.496 e. The number of ether oxygens (including phenoxy) is 1. The van der Waals surface area contributed by atoms with Crippen LogP contribution in [0.25, 0.3) is 0 Å². The van der Waals surface area contributed by atoms with Gasteiger partial charge in [-0.15, -0.1) is 0 Å². The van der Waals surface area contributed by atoms with Crippen molar-refractivity contribution in [3.05, 3.63) is 54.0 Å². The Bertz CT molecular complexity index is 534. The molecule has 0 bridgehead atoms. The number of furan rings is 1. The summed E-state index contributed by atoms with van der Waals surface area (Å²) in [6.07, 6.45) is 3.49. The third-order valence-corrected chi connectivity index (χ3v) is 3.09. The molecule has 0 radical (unpaired) electrons. The average Bonchev–Trinajstić information content (AvgIpc) is 2.98. The van der Waals surface area contributed by atoms with Gasteiger partial charge in [-0.05, 0) is 30.2 Å². The van der Waals surface area contributed by atoms with Crippen molar-refractivity contribution in [3.8, 4) is 5.75 Å². The van der Waals surface area contributed by atoms with Crippen LogP contribution in [0.4, 0.5) is 0 Å². The highest BCUT2D eigenvalue weighted by Gasteiger charge is 2.06. The minimum atomic E-state index is 0.0439. The Morgan fingerprint density at radius 2 is 2.05 bits per heavy atom. The Labute approximate surface area is 118 Å². The Hall–Kier alpha value is -2.23. The third-order valence-electron chi connectivity index (χ3n) is 3.09. The smallest absolute Gasteiger partial charge is 0.220 e. The van der Waals surface area contributed by atoms with Gasteiger partial charge in [0.25, 0.3) is 0 Å². The Kier molecular flexibility index (Phi) is 5.24. The fourth-order valence-corrected chi connectivity index (χ4v) is 2.03. The molecule has 0 fully saturated rings. The van der Waals surface area contributed by atoms with Gasteiger partial charge in [0.15, 0.2) is 0 Å². The number of carbonyl (C=O) groups is 1. The van der Waals surface area contributed by atoms with E-state index in [9.17, 15) is 4.79 Å². The van der Waals surface area contributed by atoms with Gasteiger partial charge in [-0.1, -0.05) is 18.2 Å². The maximum Gasteiger partial charge on any atom is 0.220 e. The monoisotopic (exact) mass is 273 g/mol. The molecule has 0 saturated carbocycles. The van der Waals surface area contributed by atoms with E-state index in [1.165, 1.54) is 0 Å².